The lowest BCUT2D eigenvalue weighted by Gasteiger charge is -2.20. The highest BCUT2D eigenvalue weighted by atomic mass is 16.6. The molecule has 0 saturated carbocycles. The maximum absolute atomic E-state index is 11.2. The van der Waals surface area contributed by atoms with E-state index in [1.165, 1.54) is 12.1 Å². The molecule has 0 radical (unpaired) electrons. The molecule has 0 saturated heterocycles. The summed E-state index contributed by atoms with van der Waals surface area (Å²) in [6.45, 7) is 0.561. The Morgan fingerprint density at radius 3 is 2.06 bits per heavy atom. The van der Waals surface area contributed by atoms with Crippen molar-refractivity contribution in [2.75, 3.05) is 5.01 Å². The molecule has 0 N–H and O–H groups in total. The Bertz CT molecular complexity index is 1520. The van der Waals surface area contributed by atoms with Crippen molar-refractivity contribution >= 4 is 11.4 Å². The SMILES string of the molecule is O=[N+]([O-])c1ccc(-n2cc(-c3ccccc3)ncc2=NN(Cc2ccccc2)c2ccccc2)cc1. The second kappa shape index (κ2) is 10.5. The second-order valence-electron chi connectivity index (χ2n) is 8.12. The number of rotatable bonds is 7. The lowest BCUT2D eigenvalue weighted by molar-refractivity contribution is -0.384. The first-order valence-corrected chi connectivity index (χ1v) is 11.5. The van der Waals surface area contributed by atoms with E-state index in [1.54, 1.807) is 18.3 Å². The monoisotopic (exact) mass is 473 g/mol. The average Bonchev–Trinajstić information content (AvgIpc) is 2.94. The quantitative estimate of drug-likeness (QED) is 0.216. The van der Waals surface area contributed by atoms with Gasteiger partial charge in [-0.2, -0.15) is 5.10 Å². The summed E-state index contributed by atoms with van der Waals surface area (Å²) in [5, 5.41) is 18.1. The van der Waals surface area contributed by atoms with Crippen molar-refractivity contribution in [3.63, 3.8) is 0 Å². The molecule has 176 valence electrons. The van der Waals surface area contributed by atoms with Crippen LogP contribution in [0.25, 0.3) is 16.9 Å². The molecule has 7 heteroatoms. The molecule has 0 aliphatic carbocycles. The minimum atomic E-state index is -0.404. The molecule has 0 bridgehead atoms. The van der Waals surface area contributed by atoms with E-state index in [2.05, 4.69) is 17.1 Å². The van der Waals surface area contributed by atoms with Crippen LogP contribution in [0.15, 0.2) is 133 Å². The van der Waals surface area contributed by atoms with Gasteiger partial charge in [0, 0.05) is 29.6 Å². The van der Waals surface area contributed by atoms with E-state index >= 15 is 0 Å². The first-order valence-electron chi connectivity index (χ1n) is 11.5. The summed E-state index contributed by atoms with van der Waals surface area (Å²) < 4.78 is 1.90. The molecule has 5 rings (SSSR count). The molecule has 0 amide bonds. The first-order chi connectivity index (χ1) is 17.7. The Balaban J connectivity index is 1.66. The van der Waals surface area contributed by atoms with E-state index in [-0.39, 0.29) is 5.69 Å². The number of aromatic nitrogens is 2. The molecule has 1 aromatic heterocycles. The van der Waals surface area contributed by atoms with Gasteiger partial charge in [0.25, 0.3) is 5.69 Å². The van der Waals surface area contributed by atoms with Crippen LogP contribution in [0.4, 0.5) is 11.4 Å². The van der Waals surface area contributed by atoms with Gasteiger partial charge in [0.15, 0.2) is 5.49 Å². The zero-order valence-electron chi connectivity index (χ0n) is 19.4. The zero-order valence-corrected chi connectivity index (χ0v) is 19.4. The summed E-state index contributed by atoms with van der Waals surface area (Å²) in [4.78, 5) is 15.5. The number of hydrogen-bond donors (Lipinski definition) is 0. The second-order valence-corrected chi connectivity index (χ2v) is 8.12. The molecule has 5 aromatic rings. The standard InChI is InChI=1S/C29H23N5O2/c35-34(36)27-18-16-25(17-19-27)32-22-28(24-12-6-2-7-13-24)30-20-29(32)31-33(26-14-8-3-9-15-26)21-23-10-4-1-5-11-23/h1-20,22H,21H2. The van der Waals surface area contributed by atoms with Gasteiger partial charge < -0.3 is 0 Å². The third kappa shape index (κ3) is 5.20. The van der Waals surface area contributed by atoms with Gasteiger partial charge in [-0.25, -0.2) is 0 Å². The summed E-state index contributed by atoms with van der Waals surface area (Å²) >= 11 is 0. The Morgan fingerprint density at radius 1 is 0.806 bits per heavy atom. The Hall–Kier alpha value is -5.04. The molecule has 0 unspecified atom stereocenters. The molecular weight excluding hydrogens is 450 g/mol. The molecule has 0 atom stereocenters. The fourth-order valence-electron chi connectivity index (χ4n) is 3.85. The van der Waals surface area contributed by atoms with Gasteiger partial charge >= 0.3 is 0 Å². The maximum Gasteiger partial charge on any atom is 0.269 e. The lowest BCUT2D eigenvalue weighted by Crippen LogP contribution is -2.27. The number of para-hydroxylation sites is 1. The molecular formula is C29H23N5O2. The van der Waals surface area contributed by atoms with Gasteiger partial charge in [-0.3, -0.25) is 24.7 Å². The van der Waals surface area contributed by atoms with E-state index in [4.69, 9.17) is 5.10 Å². The first kappa shape index (κ1) is 22.7. The van der Waals surface area contributed by atoms with Crippen LogP contribution >= 0.6 is 0 Å². The van der Waals surface area contributed by atoms with Crippen molar-refractivity contribution in [1.29, 1.82) is 0 Å². The van der Waals surface area contributed by atoms with Gasteiger partial charge in [0.2, 0.25) is 0 Å². The summed E-state index contributed by atoms with van der Waals surface area (Å²) in [7, 11) is 0. The maximum atomic E-state index is 11.2. The van der Waals surface area contributed by atoms with E-state index in [0.717, 1.165) is 28.2 Å². The number of nitrogens with zero attached hydrogens (tertiary/aromatic N) is 5. The van der Waals surface area contributed by atoms with Crippen LogP contribution < -0.4 is 10.5 Å². The van der Waals surface area contributed by atoms with Gasteiger partial charge in [-0.1, -0.05) is 78.9 Å². The summed E-state index contributed by atoms with van der Waals surface area (Å²) in [5.41, 5.74) is 5.14. The van der Waals surface area contributed by atoms with Crippen molar-refractivity contribution in [3.8, 4) is 16.9 Å². The molecule has 1 heterocycles. The van der Waals surface area contributed by atoms with Crippen molar-refractivity contribution < 1.29 is 4.92 Å². The van der Waals surface area contributed by atoms with Crippen LogP contribution in [-0.2, 0) is 6.54 Å². The van der Waals surface area contributed by atoms with Crippen LogP contribution in [-0.4, -0.2) is 14.5 Å². The largest absolute Gasteiger partial charge is 0.297 e. The topological polar surface area (TPSA) is 76.6 Å². The minimum Gasteiger partial charge on any atom is -0.297 e. The molecule has 0 aliphatic heterocycles. The Labute approximate surface area is 208 Å². The van der Waals surface area contributed by atoms with Gasteiger partial charge in [0.1, 0.15) is 0 Å². The van der Waals surface area contributed by atoms with Gasteiger partial charge in [0.05, 0.1) is 29.0 Å². The van der Waals surface area contributed by atoms with Gasteiger partial charge in [-0.15, -0.1) is 0 Å². The van der Waals surface area contributed by atoms with Crippen LogP contribution in [0.3, 0.4) is 0 Å². The summed E-state index contributed by atoms with van der Waals surface area (Å²) in [6.07, 6.45) is 3.63. The van der Waals surface area contributed by atoms with Crippen molar-refractivity contribution in [3.05, 3.63) is 149 Å². The highest BCUT2D eigenvalue weighted by Gasteiger charge is 2.11. The summed E-state index contributed by atoms with van der Waals surface area (Å²) in [5.74, 6) is 0. The van der Waals surface area contributed by atoms with Crippen molar-refractivity contribution in [2.24, 2.45) is 5.10 Å². The fraction of sp³-hybridized carbons (Fsp3) is 0.0345. The molecule has 4 aromatic carbocycles. The van der Waals surface area contributed by atoms with Crippen LogP contribution in [0.2, 0.25) is 0 Å². The highest BCUT2D eigenvalue weighted by molar-refractivity contribution is 5.58. The predicted molar refractivity (Wildman–Crippen MR) is 140 cm³/mol. The molecule has 36 heavy (non-hydrogen) atoms. The molecule has 0 fully saturated rings. The number of benzene rings is 4. The number of nitro benzene ring substituents is 1. The number of non-ortho nitro benzene ring substituents is 1. The molecule has 0 aliphatic rings. The number of anilines is 1. The van der Waals surface area contributed by atoms with E-state index in [1.807, 2.05) is 94.6 Å². The lowest BCUT2D eigenvalue weighted by atomic mass is 10.1. The number of hydrogen-bond acceptors (Lipinski definition) is 5. The zero-order chi connectivity index (χ0) is 24.7. The predicted octanol–water partition coefficient (Wildman–Crippen LogP) is 5.97. The number of nitro groups is 1. The van der Waals surface area contributed by atoms with E-state index in [9.17, 15) is 10.1 Å². The average molecular weight is 474 g/mol. The normalized spacial score (nSPS) is 11.3. The van der Waals surface area contributed by atoms with Crippen LogP contribution in [0.5, 0.6) is 0 Å². The Kier molecular flexibility index (Phi) is 6.62. The fourth-order valence-corrected chi connectivity index (χ4v) is 3.85. The van der Waals surface area contributed by atoms with Crippen LogP contribution in [0, 0.1) is 10.1 Å². The van der Waals surface area contributed by atoms with Crippen LogP contribution in [0.1, 0.15) is 5.56 Å². The third-order valence-corrected chi connectivity index (χ3v) is 5.68. The van der Waals surface area contributed by atoms with E-state index in [0.29, 0.717) is 12.0 Å². The van der Waals surface area contributed by atoms with Crippen molar-refractivity contribution in [1.82, 2.24) is 9.55 Å². The minimum absolute atomic E-state index is 0.0326. The highest BCUT2D eigenvalue weighted by Crippen LogP contribution is 2.20. The third-order valence-electron chi connectivity index (χ3n) is 5.68. The van der Waals surface area contributed by atoms with Crippen molar-refractivity contribution in [2.45, 2.75) is 6.54 Å². The summed E-state index contributed by atoms with van der Waals surface area (Å²) in [6, 6.07) is 36.3. The molecule has 0 spiro atoms. The Morgan fingerprint density at radius 2 is 1.42 bits per heavy atom. The van der Waals surface area contributed by atoms with E-state index < -0.39 is 4.92 Å². The van der Waals surface area contributed by atoms with Gasteiger partial charge in [-0.05, 0) is 29.8 Å². The smallest absolute Gasteiger partial charge is 0.269 e. The molecule has 7 nitrogen and oxygen atoms in total.